The summed E-state index contributed by atoms with van der Waals surface area (Å²) >= 11 is 0. The predicted octanol–water partition coefficient (Wildman–Crippen LogP) is 3.30. The number of amides is 1. The monoisotopic (exact) mass is 339 g/mol. The molecule has 1 heterocycles. The van der Waals surface area contributed by atoms with Crippen LogP contribution in [-0.4, -0.2) is 35.0 Å². The van der Waals surface area contributed by atoms with Crippen LogP contribution in [0.1, 0.15) is 41.3 Å². The third-order valence-corrected chi connectivity index (χ3v) is 4.34. The number of hydrogen-bond donors (Lipinski definition) is 1. The topological polar surface area (TPSA) is 66.8 Å². The summed E-state index contributed by atoms with van der Waals surface area (Å²) < 4.78 is 5.53. The largest absolute Gasteiger partial charge is 0.507 e. The average Bonchev–Trinajstić information content (AvgIpc) is 2.67. The molecular formula is C20H21NO4. The molecule has 0 unspecified atom stereocenters. The summed E-state index contributed by atoms with van der Waals surface area (Å²) in [7, 11) is 0. The van der Waals surface area contributed by atoms with Gasteiger partial charge in [0.2, 0.25) is 6.10 Å². The number of para-hydroxylation sites is 1. The van der Waals surface area contributed by atoms with Crippen molar-refractivity contribution in [1.29, 1.82) is 0 Å². The molecule has 3 rings (SSSR count). The third-order valence-electron chi connectivity index (χ3n) is 4.34. The lowest BCUT2D eigenvalue weighted by Crippen LogP contribution is -2.40. The van der Waals surface area contributed by atoms with E-state index in [0.29, 0.717) is 18.7 Å². The molecule has 0 aliphatic carbocycles. The predicted molar refractivity (Wildman–Crippen MR) is 93.1 cm³/mol. The quantitative estimate of drug-likeness (QED) is 0.868. The Bertz CT molecular complexity index is 738. The highest BCUT2D eigenvalue weighted by Gasteiger charge is 2.31. The standard InChI is InChI=1S/C20H21NO4/c22-17-12-6-5-11-16(17)20(24)25-18(15-9-3-1-4-10-15)19(23)21-13-7-2-8-14-21/h1,3-6,9-12,18,22H,2,7-8,13-14H2/t18-/m1/s1. The smallest absolute Gasteiger partial charge is 0.343 e. The van der Waals surface area contributed by atoms with Gasteiger partial charge in [0.15, 0.2) is 0 Å². The van der Waals surface area contributed by atoms with Gasteiger partial charge in [-0.2, -0.15) is 0 Å². The van der Waals surface area contributed by atoms with Crippen molar-refractivity contribution in [3.05, 3.63) is 65.7 Å². The molecule has 0 aromatic heterocycles. The zero-order chi connectivity index (χ0) is 17.6. The second-order valence-corrected chi connectivity index (χ2v) is 6.10. The van der Waals surface area contributed by atoms with Crippen molar-refractivity contribution in [2.75, 3.05) is 13.1 Å². The number of piperidine rings is 1. The maximum Gasteiger partial charge on any atom is 0.343 e. The Morgan fingerprint density at radius 3 is 2.24 bits per heavy atom. The molecule has 0 bridgehead atoms. The fourth-order valence-electron chi connectivity index (χ4n) is 2.99. The van der Waals surface area contributed by atoms with Crippen LogP contribution in [0.5, 0.6) is 5.75 Å². The number of likely N-dealkylation sites (tertiary alicyclic amines) is 1. The van der Waals surface area contributed by atoms with Crippen LogP contribution in [0.25, 0.3) is 0 Å². The summed E-state index contributed by atoms with van der Waals surface area (Å²) in [6, 6.07) is 15.1. The lowest BCUT2D eigenvalue weighted by Gasteiger charge is -2.30. The van der Waals surface area contributed by atoms with E-state index in [1.807, 2.05) is 6.07 Å². The Labute approximate surface area is 146 Å². The number of benzene rings is 2. The first-order valence-electron chi connectivity index (χ1n) is 8.49. The van der Waals surface area contributed by atoms with E-state index in [1.165, 1.54) is 12.1 Å². The van der Waals surface area contributed by atoms with Gasteiger partial charge in [-0.15, -0.1) is 0 Å². The molecular weight excluding hydrogens is 318 g/mol. The number of rotatable bonds is 4. The maximum atomic E-state index is 12.9. The van der Waals surface area contributed by atoms with E-state index < -0.39 is 12.1 Å². The number of hydrogen-bond acceptors (Lipinski definition) is 4. The van der Waals surface area contributed by atoms with Gasteiger partial charge in [-0.05, 0) is 31.4 Å². The van der Waals surface area contributed by atoms with Gasteiger partial charge < -0.3 is 14.7 Å². The SMILES string of the molecule is O=C(O[C@@H](C(=O)N1CCCCC1)c1ccccc1)c1ccccc1O. The molecule has 2 aromatic carbocycles. The van der Waals surface area contributed by atoms with E-state index in [-0.39, 0.29) is 17.2 Å². The second-order valence-electron chi connectivity index (χ2n) is 6.10. The molecule has 1 aliphatic heterocycles. The maximum absolute atomic E-state index is 12.9. The Kier molecular flexibility index (Phi) is 5.33. The Balaban J connectivity index is 1.85. The summed E-state index contributed by atoms with van der Waals surface area (Å²) in [5.41, 5.74) is 0.678. The molecule has 1 saturated heterocycles. The molecule has 1 amide bonds. The molecule has 1 N–H and O–H groups in total. The van der Waals surface area contributed by atoms with Crippen LogP contribution < -0.4 is 0 Å². The first-order chi connectivity index (χ1) is 12.2. The van der Waals surface area contributed by atoms with Gasteiger partial charge in [0.05, 0.1) is 0 Å². The summed E-state index contributed by atoms with van der Waals surface area (Å²) in [4.78, 5) is 27.2. The second kappa shape index (κ2) is 7.83. The zero-order valence-corrected chi connectivity index (χ0v) is 13.9. The number of phenolic OH excluding ortho intramolecular Hbond substituents is 1. The number of carbonyl (C=O) groups is 2. The third kappa shape index (κ3) is 3.99. The summed E-state index contributed by atoms with van der Waals surface area (Å²) in [5.74, 6) is -1.09. The minimum atomic E-state index is -1.01. The van der Waals surface area contributed by atoms with Crippen molar-refractivity contribution < 1.29 is 19.4 Å². The van der Waals surface area contributed by atoms with Crippen LogP contribution in [0.3, 0.4) is 0 Å². The first kappa shape index (κ1) is 17.0. The molecule has 0 spiro atoms. The van der Waals surface area contributed by atoms with Crippen LogP contribution in [0.2, 0.25) is 0 Å². The number of ether oxygens (including phenoxy) is 1. The number of carbonyl (C=O) groups excluding carboxylic acids is 2. The van der Waals surface area contributed by atoms with Crippen molar-refractivity contribution in [2.45, 2.75) is 25.4 Å². The van der Waals surface area contributed by atoms with Crippen molar-refractivity contribution in [1.82, 2.24) is 4.90 Å². The van der Waals surface area contributed by atoms with Gasteiger partial charge in [-0.25, -0.2) is 4.79 Å². The van der Waals surface area contributed by atoms with Gasteiger partial charge in [-0.1, -0.05) is 42.5 Å². The van der Waals surface area contributed by atoms with Crippen molar-refractivity contribution in [3.63, 3.8) is 0 Å². The Morgan fingerprint density at radius 1 is 0.920 bits per heavy atom. The fourth-order valence-corrected chi connectivity index (χ4v) is 2.99. The molecule has 5 nitrogen and oxygen atoms in total. The normalized spacial score (nSPS) is 15.4. The average molecular weight is 339 g/mol. The van der Waals surface area contributed by atoms with Crippen LogP contribution in [0.4, 0.5) is 0 Å². The van der Waals surface area contributed by atoms with Crippen LogP contribution in [0.15, 0.2) is 54.6 Å². The number of phenols is 1. The van der Waals surface area contributed by atoms with Gasteiger partial charge >= 0.3 is 5.97 Å². The van der Waals surface area contributed by atoms with E-state index in [9.17, 15) is 14.7 Å². The van der Waals surface area contributed by atoms with E-state index in [4.69, 9.17) is 4.74 Å². The van der Waals surface area contributed by atoms with E-state index in [0.717, 1.165) is 19.3 Å². The van der Waals surface area contributed by atoms with Gasteiger partial charge in [0.25, 0.3) is 5.91 Å². The van der Waals surface area contributed by atoms with E-state index in [2.05, 4.69) is 0 Å². The number of nitrogens with zero attached hydrogens (tertiary/aromatic N) is 1. The Morgan fingerprint density at radius 2 is 1.56 bits per heavy atom. The minimum absolute atomic E-state index is 0.0508. The number of aromatic hydroxyl groups is 1. The van der Waals surface area contributed by atoms with Crippen LogP contribution >= 0.6 is 0 Å². The molecule has 0 radical (unpaired) electrons. The molecule has 1 fully saturated rings. The van der Waals surface area contributed by atoms with Crippen molar-refractivity contribution in [2.24, 2.45) is 0 Å². The van der Waals surface area contributed by atoms with Gasteiger partial charge in [-0.3, -0.25) is 4.79 Å². The zero-order valence-electron chi connectivity index (χ0n) is 13.9. The van der Waals surface area contributed by atoms with E-state index in [1.54, 1.807) is 41.3 Å². The highest BCUT2D eigenvalue weighted by atomic mass is 16.5. The summed E-state index contributed by atoms with van der Waals surface area (Å²) in [6.45, 7) is 1.35. The number of esters is 1. The minimum Gasteiger partial charge on any atom is -0.507 e. The van der Waals surface area contributed by atoms with Crippen LogP contribution in [0, 0.1) is 0 Å². The highest BCUT2D eigenvalue weighted by Crippen LogP contribution is 2.26. The van der Waals surface area contributed by atoms with Crippen LogP contribution in [-0.2, 0) is 9.53 Å². The van der Waals surface area contributed by atoms with E-state index >= 15 is 0 Å². The lowest BCUT2D eigenvalue weighted by molar-refractivity contribution is -0.142. The fraction of sp³-hybridized carbons (Fsp3) is 0.300. The van der Waals surface area contributed by atoms with Gasteiger partial charge in [0.1, 0.15) is 11.3 Å². The van der Waals surface area contributed by atoms with Crippen molar-refractivity contribution in [3.8, 4) is 5.75 Å². The van der Waals surface area contributed by atoms with Gasteiger partial charge in [0, 0.05) is 18.7 Å². The molecule has 1 atom stereocenters. The van der Waals surface area contributed by atoms with Crippen molar-refractivity contribution >= 4 is 11.9 Å². The molecule has 130 valence electrons. The molecule has 2 aromatic rings. The Hall–Kier alpha value is -2.82. The molecule has 1 aliphatic rings. The lowest BCUT2D eigenvalue weighted by atomic mass is 10.1. The summed E-state index contributed by atoms with van der Waals surface area (Å²) in [6.07, 6.45) is 2.02. The first-order valence-corrected chi connectivity index (χ1v) is 8.49. The highest BCUT2D eigenvalue weighted by molar-refractivity contribution is 5.94. The summed E-state index contributed by atoms with van der Waals surface area (Å²) in [5, 5.41) is 9.86. The molecule has 5 heteroatoms. The molecule has 25 heavy (non-hydrogen) atoms. The molecule has 0 saturated carbocycles.